The van der Waals surface area contributed by atoms with E-state index in [1.54, 1.807) is 18.5 Å². The van der Waals surface area contributed by atoms with Crippen molar-refractivity contribution < 1.29 is 9.13 Å². The highest BCUT2D eigenvalue weighted by Crippen LogP contribution is 2.19. The Kier molecular flexibility index (Phi) is 6.62. The van der Waals surface area contributed by atoms with Gasteiger partial charge in [-0.3, -0.25) is 9.98 Å². The van der Waals surface area contributed by atoms with Crippen molar-refractivity contribution in [2.24, 2.45) is 4.99 Å². The Bertz CT molecular complexity index is 878. The van der Waals surface area contributed by atoms with E-state index in [1.165, 1.54) is 12.1 Å². The van der Waals surface area contributed by atoms with E-state index in [9.17, 15) is 4.39 Å². The summed E-state index contributed by atoms with van der Waals surface area (Å²) < 4.78 is 18.9. The van der Waals surface area contributed by atoms with E-state index < -0.39 is 0 Å². The van der Waals surface area contributed by atoms with Gasteiger partial charge in [-0.25, -0.2) is 4.39 Å². The SMILES string of the molecule is CCNC(=NCCc1c[nH]c2cc(F)ccc12)NCCOc1cccnc1. The number of hydrogen-bond acceptors (Lipinski definition) is 3. The lowest BCUT2D eigenvalue weighted by molar-refractivity contribution is 0.320. The van der Waals surface area contributed by atoms with E-state index in [-0.39, 0.29) is 5.82 Å². The van der Waals surface area contributed by atoms with Crippen LogP contribution in [0.2, 0.25) is 0 Å². The van der Waals surface area contributed by atoms with Crippen molar-refractivity contribution in [3.63, 3.8) is 0 Å². The maximum Gasteiger partial charge on any atom is 0.191 e. The number of aliphatic imine (C=N–C) groups is 1. The van der Waals surface area contributed by atoms with Gasteiger partial charge in [0.1, 0.15) is 18.2 Å². The van der Waals surface area contributed by atoms with Gasteiger partial charge < -0.3 is 20.4 Å². The number of pyridine rings is 1. The minimum absolute atomic E-state index is 0.235. The fourth-order valence-corrected chi connectivity index (χ4v) is 2.77. The lowest BCUT2D eigenvalue weighted by Gasteiger charge is -2.12. The standard InChI is InChI=1S/C20H24FN5O/c1-2-23-20(25-10-11-27-17-4-3-8-22-14-17)24-9-7-15-13-26-19-12-16(21)5-6-18(15)19/h3-6,8,12-14,26H,2,7,9-11H2,1H3,(H2,23,24,25). The zero-order valence-corrected chi connectivity index (χ0v) is 15.3. The molecule has 0 unspecified atom stereocenters. The smallest absolute Gasteiger partial charge is 0.191 e. The number of aromatic amines is 1. The number of guanidine groups is 1. The minimum atomic E-state index is -0.235. The lowest BCUT2D eigenvalue weighted by atomic mass is 10.1. The van der Waals surface area contributed by atoms with Crippen molar-refractivity contribution >= 4 is 16.9 Å². The van der Waals surface area contributed by atoms with Crippen molar-refractivity contribution in [3.8, 4) is 5.75 Å². The van der Waals surface area contributed by atoms with Crippen LogP contribution in [0.3, 0.4) is 0 Å². The van der Waals surface area contributed by atoms with Crippen LogP contribution in [0.25, 0.3) is 10.9 Å². The van der Waals surface area contributed by atoms with Gasteiger partial charge >= 0.3 is 0 Å². The highest BCUT2D eigenvalue weighted by atomic mass is 19.1. The van der Waals surface area contributed by atoms with Crippen LogP contribution in [0.4, 0.5) is 4.39 Å². The van der Waals surface area contributed by atoms with Gasteiger partial charge in [-0.1, -0.05) is 0 Å². The molecule has 0 aliphatic rings. The third-order valence-electron chi connectivity index (χ3n) is 4.02. The largest absolute Gasteiger partial charge is 0.490 e. The number of hydrogen-bond donors (Lipinski definition) is 3. The lowest BCUT2D eigenvalue weighted by Crippen LogP contribution is -2.39. The Morgan fingerprint density at radius 3 is 3.04 bits per heavy atom. The number of ether oxygens (including phenoxy) is 1. The molecular formula is C20H24FN5O. The first-order valence-electron chi connectivity index (χ1n) is 9.07. The van der Waals surface area contributed by atoms with E-state index in [1.807, 2.05) is 25.3 Å². The van der Waals surface area contributed by atoms with Gasteiger partial charge in [-0.2, -0.15) is 0 Å². The summed E-state index contributed by atoms with van der Waals surface area (Å²) in [5, 5.41) is 7.51. The first-order valence-corrected chi connectivity index (χ1v) is 9.07. The van der Waals surface area contributed by atoms with Crippen LogP contribution in [0.1, 0.15) is 12.5 Å². The van der Waals surface area contributed by atoms with Crippen LogP contribution in [0, 0.1) is 5.82 Å². The number of fused-ring (bicyclic) bond motifs is 1. The molecule has 3 rings (SSSR count). The topological polar surface area (TPSA) is 74.3 Å². The molecule has 0 fully saturated rings. The number of nitrogens with zero attached hydrogens (tertiary/aromatic N) is 2. The second-order valence-electron chi connectivity index (χ2n) is 5.98. The van der Waals surface area contributed by atoms with E-state index in [0.29, 0.717) is 19.7 Å². The maximum atomic E-state index is 13.3. The molecule has 27 heavy (non-hydrogen) atoms. The molecule has 2 aromatic heterocycles. The molecule has 0 amide bonds. The molecule has 142 valence electrons. The zero-order valence-electron chi connectivity index (χ0n) is 15.3. The Morgan fingerprint density at radius 1 is 1.30 bits per heavy atom. The second-order valence-corrected chi connectivity index (χ2v) is 5.98. The zero-order chi connectivity index (χ0) is 18.9. The van der Waals surface area contributed by atoms with Crippen LogP contribution in [0.15, 0.2) is 53.9 Å². The van der Waals surface area contributed by atoms with Gasteiger partial charge in [0.25, 0.3) is 0 Å². The van der Waals surface area contributed by atoms with Gasteiger partial charge in [0.15, 0.2) is 5.96 Å². The molecule has 1 aromatic carbocycles. The summed E-state index contributed by atoms with van der Waals surface area (Å²) in [5.74, 6) is 1.26. The molecule has 0 aliphatic heterocycles. The van der Waals surface area contributed by atoms with Crippen molar-refractivity contribution in [2.45, 2.75) is 13.3 Å². The summed E-state index contributed by atoms with van der Waals surface area (Å²) >= 11 is 0. The molecule has 0 bridgehead atoms. The molecule has 2 heterocycles. The quantitative estimate of drug-likeness (QED) is 0.324. The van der Waals surface area contributed by atoms with Crippen LogP contribution < -0.4 is 15.4 Å². The monoisotopic (exact) mass is 369 g/mol. The fraction of sp³-hybridized carbons (Fsp3) is 0.300. The Balaban J connectivity index is 1.49. The number of H-pyrrole nitrogens is 1. The van der Waals surface area contributed by atoms with E-state index in [2.05, 4.69) is 25.6 Å². The fourth-order valence-electron chi connectivity index (χ4n) is 2.77. The average Bonchev–Trinajstić information content (AvgIpc) is 3.08. The van der Waals surface area contributed by atoms with Crippen LogP contribution in [-0.2, 0) is 6.42 Å². The summed E-state index contributed by atoms with van der Waals surface area (Å²) in [4.78, 5) is 11.7. The first kappa shape index (κ1) is 18.7. The molecule has 0 aliphatic carbocycles. The third-order valence-corrected chi connectivity index (χ3v) is 4.02. The molecule has 0 spiro atoms. The molecule has 7 heteroatoms. The first-order chi connectivity index (χ1) is 13.3. The minimum Gasteiger partial charge on any atom is -0.490 e. The van der Waals surface area contributed by atoms with Gasteiger partial charge in [0, 0.05) is 36.4 Å². The summed E-state index contributed by atoms with van der Waals surface area (Å²) in [7, 11) is 0. The Hall–Kier alpha value is -3.09. The predicted octanol–water partition coefficient (Wildman–Crippen LogP) is 2.88. The second kappa shape index (κ2) is 9.56. The van der Waals surface area contributed by atoms with Crippen LogP contribution >= 0.6 is 0 Å². The van der Waals surface area contributed by atoms with Crippen molar-refractivity contribution in [1.82, 2.24) is 20.6 Å². The van der Waals surface area contributed by atoms with Gasteiger partial charge in [0.05, 0.1) is 12.7 Å². The van der Waals surface area contributed by atoms with E-state index in [4.69, 9.17) is 4.74 Å². The van der Waals surface area contributed by atoms with Crippen molar-refractivity contribution in [1.29, 1.82) is 0 Å². The molecule has 0 radical (unpaired) electrons. The van der Waals surface area contributed by atoms with Gasteiger partial charge in [-0.05, 0) is 49.2 Å². The molecule has 6 nitrogen and oxygen atoms in total. The molecule has 0 atom stereocenters. The molecular weight excluding hydrogens is 345 g/mol. The highest BCUT2D eigenvalue weighted by molar-refractivity contribution is 5.83. The van der Waals surface area contributed by atoms with Crippen molar-refractivity contribution in [2.75, 3.05) is 26.2 Å². The Labute approximate surface area is 157 Å². The molecule has 0 saturated carbocycles. The summed E-state index contributed by atoms with van der Waals surface area (Å²) in [6.07, 6.45) is 6.09. The van der Waals surface area contributed by atoms with Crippen LogP contribution in [0.5, 0.6) is 5.75 Å². The number of aromatic nitrogens is 2. The number of rotatable bonds is 8. The molecule has 0 saturated heterocycles. The average molecular weight is 369 g/mol. The van der Waals surface area contributed by atoms with E-state index >= 15 is 0 Å². The summed E-state index contributed by atoms with van der Waals surface area (Å²) in [6.45, 7) is 4.58. The van der Waals surface area contributed by atoms with Gasteiger partial charge in [-0.15, -0.1) is 0 Å². The number of nitrogens with one attached hydrogen (secondary N) is 3. The number of benzene rings is 1. The Morgan fingerprint density at radius 2 is 2.22 bits per heavy atom. The van der Waals surface area contributed by atoms with E-state index in [0.717, 1.165) is 41.1 Å². The molecule has 3 aromatic rings. The maximum absolute atomic E-state index is 13.3. The summed E-state index contributed by atoms with van der Waals surface area (Å²) in [5.41, 5.74) is 1.94. The van der Waals surface area contributed by atoms with Gasteiger partial charge in [0.2, 0.25) is 0 Å². The highest BCUT2D eigenvalue weighted by Gasteiger charge is 2.05. The van der Waals surface area contributed by atoms with Crippen molar-refractivity contribution in [3.05, 3.63) is 60.3 Å². The normalized spacial score (nSPS) is 11.6. The van der Waals surface area contributed by atoms with Crippen LogP contribution in [-0.4, -0.2) is 42.2 Å². The number of halogens is 1. The summed E-state index contributed by atoms with van der Waals surface area (Å²) in [6, 6.07) is 8.51. The third kappa shape index (κ3) is 5.44. The molecule has 3 N–H and O–H groups in total. The predicted molar refractivity (Wildman–Crippen MR) is 106 cm³/mol.